The molecule has 0 unspecified atom stereocenters. The number of guanidine groups is 1. The molecule has 4 N–H and O–H groups in total. The van der Waals surface area contributed by atoms with E-state index in [4.69, 9.17) is 11.5 Å². The van der Waals surface area contributed by atoms with Gasteiger partial charge in [-0.3, -0.25) is 0 Å². The first-order chi connectivity index (χ1) is 16.6. The average Bonchev–Trinajstić information content (AvgIpc) is 2.88. The first kappa shape index (κ1) is 23.4. The van der Waals surface area contributed by atoms with Crippen molar-refractivity contribution in [3.8, 4) is 0 Å². The molecule has 34 heavy (non-hydrogen) atoms. The summed E-state index contributed by atoms with van der Waals surface area (Å²) in [5, 5.41) is 4.14. The molecule has 0 saturated carbocycles. The van der Waals surface area contributed by atoms with Crippen molar-refractivity contribution in [2.75, 3.05) is 0 Å². The molecule has 4 aromatic rings. The van der Waals surface area contributed by atoms with E-state index in [1.54, 1.807) is 6.92 Å². The minimum atomic E-state index is -1.92. The third-order valence-electron chi connectivity index (χ3n) is 5.75. The highest BCUT2D eigenvalue weighted by Gasteiger charge is 2.45. The molecule has 0 aliphatic carbocycles. The molecule has 0 saturated heterocycles. The molecule has 0 aliphatic rings. The van der Waals surface area contributed by atoms with Crippen LogP contribution in [-0.2, 0) is 12.7 Å². The van der Waals surface area contributed by atoms with Crippen LogP contribution < -0.4 is 27.4 Å². The normalized spacial score (nSPS) is 12.5. The van der Waals surface area contributed by atoms with Gasteiger partial charge in [0.15, 0.2) is 0 Å². The minimum absolute atomic E-state index is 0.200. The maximum atomic E-state index is 5.82. The van der Waals surface area contributed by atoms with E-state index < -0.39 is 7.26 Å². The van der Waals surface area contributed by atoms with E-state index in [9.17, 15) is 0 Å². The molecule has 5 heteroatoms. The van der Waals surface area contributed by atoms with Crippen LogP contribution in [0.1, 0.15) is 18.1 Å². The van der Waals surface area contributed by atoms with Gasteiger partial charge < -0.3 is 11.5 Å². The van der Waals surface area contributed by atoms with E-state index in [2.05, 4.69) is 125 Å². The SMILES string of the molecule is CC(N)=NC(N)=NCc1ccc(C[P+](c2ccccc2)(c2ccccc2)c2ccccc2)cc1. The number of benzene rings is 4. The largest absolute Gasteiger partial charge is 0.387 e. The molecule has 0 radical (unpaired) electrons. The second-order valence-electron chi connectivity index (χ2n) is 8.22. The monoisotopic (exact) mass is 465 g/mol. The molecule has 4 aromatic carbocycles. The summed E-state index contributed by atoms with van der Waals surface area (Å²) in [5.74, 6) is 0.603. The third-order valence-corrected chi connectivity index (χ3v) is 10.1. The zero-order chi connectivity index (χ0) is 23.8. The van der Waals surface area contributed by atoms with E-state index in [1.165, 1.54) is 21.5 Å². The van der Waals surface area contributed by atoms with Gasteiger partial charge in [0.25, 0.3) is 0 Å². The fourth-order valence-corrected chi connectivity index (χ4v) is 8.42. The van der Waals surface area contributed by atoms with Gasteiger partial charge in [0, 0.05) is 0 Å². The predicted molar refractivity (Wildman–Crippen MR) is 148 cm³/mol. The van der Waals surface area contributed by atoms with E-state index in [-0.39, 0.29) is 5.96 Å². The summed E-state index contributed by atoms with van der Waals surface area (Å²) in [5.41, 5.74) is 13.8. The van der Waals surface area contributed by atoms with Gasteiger partial charge in [-0.05, 0) is 54.4 Å². The Balaban J connectivity index is 1.75. The van der Waals surface area contributed by atoms with Crippen molar-refractivity contribution in [2.24, 2.45) is 21.5 Å². The molecule has 170 valence electrons. The Morgan fingerprint density at radius 3 is 1.44 bits per heavy atom. The van der Waals surface area contributed by atoms with Gasteiger partial charge in [0.1, 0.15) is 23.2 Å². The first-order valence-electron chi connectivity index (χ1n) is 11.3. The lowest BCUT2D eigenvalue weighted by Gasteiger charge is -2.28. The maximum absolute atomic E-state index is 5.82. The number of nitrogens with two attached hydrogens (primary N) is 2. The highest BCUT2D eigenvalue weighted by Crippen LogP contribution is 2.58. The second kappa shape index (κ2) is 10.9. The lowest BCUT2D eigenvalue weighted by molar-refractivity contribution is 1.05. The van der Waals surface area contributed by atoms with Crippen LogP contribution in [0.4, 0.5) is 0 Å². The molecule has 0 amide bonds. The second-order valence-corrected chi connectivity index (χ2v) is 11.7. The lowest BCUT2D eigenvalue weighted by Crippen LogP contribution is -2.32. The van der Waals surface area contributed by atoms with Gasteiger partial charge in [-0.2, -0.15) is 0 Å². The van der Waals surface area contributed by atoms with Crippen molar-refractivity contribution < 1.29 is 0 Å². The van der Waals surface area contributed by atoms with Crippen molar-refractivity contribution in [2.45, 2.75) is 19.6 Å². The zero-order valence-electron chi connectivity index (χ0n) is 19.4. The number of hydrogen-bond donors (Lipinski definition) is 2. The molecule has 0 fully saturated rings. The summed E-state index contributed by atoms with van der Waals surface area (Å²) >= 11 is 0. The zero-order valence-corrected chi connectivity index (χ0v) is 20.3. The third kappa shape index (κ3) is 5.41. The first-order valence-corrected chi connectivity index (χ1v) is 13.3. The topological polar surface area (TPSA) is 76.8 Å². The van der Waals surface area contributed by atoms with Gasteiger partial charge in [-0.25, -0.2) is 9.98 Å². The summed E-state index contributed by atoms with van der Waals surface area (Å²) < 4.78 is 0. The fraction of sp³-hybridized carbons (Fsp3) is 0.103. The van der Waals surface area contributed by atoms with Crippen molar-refractivity contribution in [3.63, 3.8) is 0 Å². The lowest BCUT2D eigenvalue weighted by atomic mass is 10.1. The van der Waals surface area contributed by atoms with Crippen molar-refractivity contribution in [1.82, 2.24) is 0 Å². The van der Waals surface area contributed by atoms with Crippen LogP contribution in [-0.4, -0.2) is 11.8 Å². The minimum Gasteiger partial charge on any atom is -0.387 e. The Kier molecular flexibility index (Phi) is 7.51. The van der Waals surface area contributed by atoms with Crippen LogP contribution in [0.25, 0.3) is 0 Å². The van der Waals surface area contributed by atoms with E-state index in [0.717, 1.165) is 11.7 Å². The molecule has 0 aliphatic heterocycles. The molecule has 4 nitrogen and oxygen atoms in total. The van der Waals surface area contributed by atoms with E-state index in [1.807, 2.05) is 0 Å². The van der Waals surface area contributed by atoms with Crippen LogP contribution in [0.5, 0.6) is 0 Å². The maximum Gasteiger partial charge on any atom is 0.217 e. The number of nitrogens with zero attached hydrogens (tertiary/aromatic N) is 2. The van der Waals surface area contributed by atoms with Gasteiger partial charge in [-0.1, -0.05) is 78.9 Å². The summed E-state index contributed by atoms with van der Waals surface area (Å²) in [7, 11) is -1.92. The van der Waals surface area contributed by atoms with Gasteiger partial charge >= 0.3 is 0 Å². The van der Waals surface area contributed by atoms with Crippen molar-refractivity contribution in [3.05, 3.63) is 126 Å². The molecule has 0 heterocycles. The van der Waals surface area contributed by atoms with E-state index in [0.29, 0.717) is 12.4 Å². The van der Waals surface area contributed by atoms with Crippen LogP contribution in [0, 0.1) is 0 Å². The van der Waals surface area contributed by atoms with Gasteiger partial charge in [-0.15, -0.1) is 0 Å². The Bertz CT molecular complexity index is 1150. The Hall–Kier alpha value is -3.75. The molecule has 0 aromatic heterocycles. The molecule has 4 rings (SSSR count). The highest BCUT2D eigenvalue weighted by molar-refractivity contribution is 7.95. The van der Waals surface area contributed by atoms with Gasteiger partial charge in [0.2, 0.25) is 5.96 Å². The molecular weight excluding hydrogens is 435 g/mol. The Labute approximate surface area is 202 Å². The number of hydrogen-bond acceptors (Lipinski definition) is 1. The van der Waals surface area contributed by atoms with E-state index >= 15 is 0 Å². The molecule has 0 bridgehead atoms. The summed E-state index contributed by atoms with van der Waals surface area (Å²) in [6.07, 6.45) is 0.938. The highest BCUT2D eigenvalue weighted by atomic mass is 31.2. The number of aliphatic imine (C=N–C) groups is 2. The average molecular weight is 466 g/mol. The molecule has 0 spiro atoms. The summed E-state index contributed by atoms with van der Waals surface area (Å²) in [6, 6.07) is 41.5. The van der Waals surface area contributed by atoms with Crippen molar-refractivity contribution >= 4 is 35.0 Å². The summed E-state index contributed by atoms with van der Waals surface area (Å²) in [6.45, 7) is 2.16. The molecular formula is C29H30N4P+. The smallest absolute Gasteiger partial charge is 0.217 e. The molecule has 0 atom stereocenters. The Morgan fingerprint density at radius 1 is 0.618 bits per heavy atom. The quantitative estimate of drug-likeness (QED) is 0.242. The predicted octanol–water partition coefficient (Wildman–Crippen LogP) is 4.37. The number of amidine groups is 1. The summed E-state index contributed by atoms with van der Waals surface area (Å²) in [4.78, 5) is 8.30. The van der Waals surface area contributed by atoms with Crippen LogP contribution in [0.15, 0.2) is 125 Å². The standard InChI is InChI=1S/C29H30N4P/c1-23(30)33-29(31)32-21-24-17-19-25(20-18-24)22-34(26-11-5-2-6-12-26,27-13-7-3-8-14-27)28-15-9-4-10-16-28/h2-20H,21-22H2,1H3,(H4,30,31,32,33)/q+1. The van der Waals surface area contributed by atoms with Crippen molar-refractivity contribution in [1.29, 1.82) is 0 Å². The number of rotatable bonds is 7. The fourth-order valence-electron chi connectivity index (χ4n) is 4.18. The van der Waals surface area contributed by atoms with Crippen LogP contribution >= 0.6 is 7.26 Å². The Morgan fingerprint density at radius 2 is 1.03 bits per heavy atom. The van der Waals surface area contributed by atoms with Gasteiger partial charge in [0.05, 0.1) is 18.5 Å². The van der Waals surface area contributed by atoms with Crippen LogP contribution in [0.2, 0.25) is 0 Å². The van der Waals surface area contributed by atoms with Crippen LogP contribution in [0.3, 0.4) is 0 Å².